The molecule has 14 heteroatoms. The molecule has 0 radical (unpaired) electrons. The predicted molar refractivity (Wildman–Crippen MR) is 159 cm³/mol. The second-order valence-corrected chi connectivity index (χ2v) is 12.3. The summed E-state index contributed by atoms with van der Waals surface area (Å²) in [7, 11) is 0. The fourth-order valence-corrected chi connectivity index (χ4v) is 6.53. The quantitative estimate of drug-likeness (QED) is 0.188. The van der Waals surface area contributed by atoms with E-state index < -0.39 is 11.7 Å². The first-order valence-corrected chi connectivity index (χ1v) is 15.6. The number of hydrogen-bond acceptors (Lipinski definition) is 9. The van der Waals surface area contributed by atoms with Gasteiger partial charge in [-0.25, -0.2) is 4.98 Å². The smallest absolute Gasteiger partial charge is 0.416 e. The molecule has 1 aliphatic carbocycles. The number of aromatic hydroxyl groups is 1. The van der Waals surface area contributed by atoms with E-state index in [1.165, 1.54) is 22.8 Å². The van der Waals surface area contributed by atoms with Crippen molar-refractivity contribution in [2.75, 3.05) is 13.1 Å². The summed E-state index contributed by atoms with van der Waals surface area (Å²) in [5, 5.41) is 22.5. The summed E-state index contributed by atoms with van der Waals surface area (Å²) in [6.45, 7) is 1.13. The molecular formula is C31H31F3N6O4S. The Hall–Kier alpha value is -4.17. The van der Waals surface area contributed by atoms with E-state index in [4.69, 9.17) is 9.40 Å². The van der Waals surface area contributed by atoms with Gasteiger partial charge in [0.15, 0.2) is 5.16 Å². The lowest BCUT2D eigenvalue weighted by Gasteiger charge is -2.30. The van der Waals surface area contributed by atoms with Gasteiger partial charge >= 0.3 is 6.18 Å². The topological polar surface area (TPSA) is 126 Å². The molecular weight excluding hydrogens is 609 g/mol. The molecule has 45 heavy (non-hydrogen) atoms. The lowest BCUT2D eigenvalue weighted by atomic mass is 10.0. The molecule has 4 aromatic rings. The van der Waals surface area contributed by atoms with Gasteiger partial charge in [0.2, 0.25) is 17.7 Å². The summed E-state index contributed by atoms with van der Waals surface area (Å²) in [6.07, 6.45) is -0.285. The van der Waals surface area contributed by atoms with Crippen LogP contribution in [0.25, 0.3) is 5.69 Å². The highest BCUT2D eigenvalue weighted by molar-refractivity contribution is 7.99. The third-order valence-corrected chi connectivity index (χ3v) is 9.23. The lowest BCUT2D eigenvalue weighted by Crippen LogP contribution is -2.42. The number of rotatable bonds is 10. The molecule has 236 valence electrons. The highest BCUT2D eigenvalue weighted by Gasteiger charge is 2.31. The number of halogens is 3. The maximum atomic E-state index is 13.8. The molecule has 10 nitrogen and oxygen atoms in total. The number of alkyl halides is 3. The molecule has 1 fully saturated rings. The minimum atomic E-state index is -4.40. The molecule has 2 aliphatic rings. The van der Waals surface area contributed by atoms with E-state index in [1.807, 2.05) is 0 Å². The van der Waals surface area contributed by atoms with Crippen LogP contribution in [0.5, 0.6) is 5.75 Å². The predicted octanol–water partition coefficient (Wildman–Crippen LogP) is 4.64. The Morgan fingerprint density at radius 1 is 1.09 bits per heavy atom. The van der Waals surface area contributed by atoms with Gasteiger partial charge in [0.25, 0.3) is 5.56 Å². The molecule has 2 aromatic heterocycles. The maximum absolute atomic E-state index is 13.8. The number of aromatic nitrogens is 4. The van der Waals surface area contributed by atoms with E-state index in [1.54, 1.807) is 34.9 Å². The van der Waals surface area contributed by atoms with Crippen molar-refractivity contribution < 1.29 is 27.5 Å². The summed E-state index contributed by atoms with van der Waals surface area (Å²) in [4.78, 5) is 33.4. The molecule has 0 atom stereocenters. The Morgan fingerprint density at radius 2 is 1.84 bits per heavy atom. The fourth-order valence-electron chi connectivity index (χ4n) is 5.22. The van der Waals surface area contributed by atoms with E-state index in [2.05, 4.69) is 15.5 Å². The normalized spacial score (nSPS) is 15.1. The molecule has 3 heterocycles. The van der Waals surface area contributed by atoms with Crippen molar-refractivity contribution in [1.29, 1.82) is 0 Å². The Bertz CT molecular complexity index is 1740. The monoisotopic (exact) mass is 640 g/mol. The van der Waals surface area contributed by atoms with Crippen LogP contribution in [0.4, 0.5) is 13.2 Å². The van der Waals surface area contributed by atoms with Gasteiger partial charge in [-0.3, -0.25) is 14.2 Å². The molecule has 0 saturated heterocycles. The Morgan fingerprint density at radius 3 is 2.56 bits per heavy atom. The molecule has 0 unspecified atom stereocenters. The summed E-state index contributed by atoms with van der Waals surface area (Å²) < 4.78 is 45.4. The first-order chi connectivity index (χ1) is 21.7. The lowest BCUT2D eigenvalue weighted by molar-refractivity contribution is -0.137. The number of nitrogens with zero attached hydrogens (tertiary/aromatic N) is 5. The maximum Gasteiger partial charge on any atom is 0.416 e. The minimum Gasteiger partial charge on any atom is -0.506 e. The summed E-state index contributed by atoms with van der Waals surface area (Å²) in [6, 6.07) is 11.5. The standard InChI is InChI=1S/C31H31F3N6O4S/c32-31(33,34)20-10-8-19(9-11-20)16-26-37-38-27(44-26)17-35-14-12-28(42)39-15-13-23-22(18-39)29(43)40(24-6-1-2-7-25(24)41)30(36-23)45-21-4-3-5-21/h1-2,6-11,21,35,41H,3-5,12-18H2. The molecule has 6 rings (SSSR count). The number of carbonyl (C=O) groups excluding carboxylic acids is 1. The zero-order valence-corrected chi connectivity index (χ0v) is 25.0. The number of para-hydroxylation sites is 2. The summed E-state index contributed by atoms with van der Waals surface area (Å²) >= 11 is 1.57. The largest absolute Gasteiger partial charge is 0.506 e. The number of hydrogen-bond donors (Lipinski definition) is 2. The van der Waals surface area contributed by atoms with Gasteiger partial charge in [0.1, 0.15) is 5.75 Å². The van der Waals surface area contributed by atoms with Crippen LogP contribution in [-0.4, -0.2) is 54.0 Å². The zero-order chi connectivity index (χ0) is 31.6. The van der Waals surface area contributed by atoms with E-state index in [0.717, 1.165) is 31.4 Å². The van der Waals surface area contributed by atoms with Crippen molar-refractivity contribution in [1.82, 2.24) is 30.0 Å². The number of phenols is 1. The second-order valence-electron chi connectivity index (χ2n) is 11.1. The van der Waals surface area contributed by atoms with Gasteiger partial charge in [-0.2, -0.15) is 13.2 Å². The first kappa shape index (κ1) is 30.8. The van der Waals surface area contributed by atoms with Gasteiger partial charge in [0.05, 0.1) is 42.0 Å². The molecule has 2 N–H and O–H groups in total. The Kier molecular flexibility index (Phi) is 8.95. The molecule has 0 bridgehead atoms. The van der Waals surface area contributed by atoms with Crippen molar-refractivity contribution in [2.45, 2.75) is 68.2 Å². The minimum absolute atomic E-state index is 0.0143. The number of amides is 1. The third kappa shape index (κ3) is 7.06. The van der Waals surface area contributed by atoms with E-state index >= 15 is 0 Å². The molecule has 2 aromatic carbocycles. The number of fused-ring (bicyclic) bond motifs is 1. The van der Waals surface area contributed by atoms with Crippen LogP contribution in [0.15, 0.2) is 62.9 Å². The number of thioether (sulfide) groups is 1. The van der Waals surface area contributed by atoms with Crippen molar-refractivity contribution in [3.63, 3.8) is 0 Å². The van der Waals surface area contributed by atoms with Gasteiger partial charge in [-0.1, -0.05) is 42.4 Å². The van der Waals surface area contributed by atoms with Gasteiger partial charge in [-0.05, 0) is 42.7 Å². The number of nitrogens with one attached hydrogen (secondary N) is 1. The van der Waals surface area contributed by atoms with E-state index in [-0.39, 0.29) is 49.0 Å². The van der Waals surface area contributed by atoms with Crippen LogP contribution >= 0.6 is 11.8 Å². The van der Waals surface area contributed by atoms with Crippen LogP contribution in [0.2, 0.25) is 0 Å². The Labute approximate surface area is 260 Å². The molecule has 1 aliphatic heterocycles. The molecule has 1 saturated carbocycles. The van der Waals surface area contributed by atoms with Gasteiger partial charge < -0.3 is 19.7 Å². The number of carbonyl (C=O) groups is 1. The van der Waals surface area contributed by atoms with Crippen molar-refractivity contribution in [3.05, 3.63) is 93.1 Å². The summed E-state index contributed by atoms with van der Waals surface area (Å²) in [5.74, 6) is 0.428. The zero-order valence-electron chi connectivity index (χ0n) is 24.2. The SMILES string of the molecule is O=C(CCNCc1nnc(Cc2ccc(C(F)(F)F)cc2)o1)N1CCc2nc(SC3CCC3)n(-c3ccccc3O)c(=O)c2C1. The number of benzene rings is 2. The number of phenolic OH excluding ortho intramolecular Hbond substituents is 1. The van der Waals surface area contributed by atoms with E-state index in [0.29, 0.717) is 58.3 Å². The van der Waals surface area contributed by atoms with Crippen molar-refractivity contribution in [3.8, 4) is 11.4 Å². The van der Waals surface area contributed by atoms with Gasteiger partial charge in [0, 0.05) is 31.2 Å². The summed E-state index contributed by atoms with van der Waals surface area (Å²) in [5.41, 5.74) is 1.13. The van der Waals surface area contributed by atoms with Gasteiger partial charge in [-0.15, -0.1) is 10.2 Å². The molecule has 0 spiro atoms. The third-order valence-electron chi connectivity index (χ3n) is 7.94. The first-order valence-electron chi connectivity index (χ1n) is 14.7. The van der Waals surface area contributed by atoms with Crippen LogP contribution in [0.1, 0.15) is 59.8 Å². The average Bonchev–Trinajstić information content (AvgIpc) is 3.44. The fraction of sp³-hybridized carbons (Fsp3) is 0.387. The van der Waals surface area contributed by atoms with Crippen LogP contribution in [0, 0.1) is 0 Å². The van der Waals surface area contributed by atoms with Crippen molar-refractivity contribution >= 4 is 17.7 Å². The van der Waals surface area contributed by atoms with Crippen LogP contribution in [-0.2, 0) is 36.9 Å². The average molecular weight is 641 g/mol. The van der Waals surface area contributed by atoms with Crippen molar-refractivity contribution in [2.24, 2.45) is 0 Å². The second kappa shape index (κ2) is 13.1. The molecule has 1 amide bonds. The van der Waals surface area contributed by atoms with E-state index in [9.17, 15) is 27.9 Å². The highest BCUT2D eigenvalue weighted by Crippen LogP contribution is 2.37. The Balaban J connectivity index is 1.04. The van der Waals surface area contributed by atoms with Crippen LogP contribution < -0.4 is 10.9 Å². The van der Waals surface area contributed by atoms with Crippen LogP contribution in [0.3, 0.4) is 0 Å². The highest BCUT2D eigenvalue weighted by atomic mass is 32.2.